The number of hydrogen-bond acceptors (Lipinski definition) is 11. The number of aromatic nitrogens is 6. The van der Waals surface area contributed by atoms with Crippen LogP contribution in [0.3, 0.4) is 0 Å². The quantitative estimate of drug-likeness (QED) is 0.224. The Morgan fingerprint density at radius 1 is 1.15 bits per heavy atom. The lowest BCUT2D eigenvalue weighted by Gasteiger charge is -2.31. The third kappa shape index (κ3) is 4.33. The number of primary sulfonamides is 1. The van der Waals surface area contributed by atoms with Crippen molar-refractivity contribution in [3.8, 4) is 11.4 Å². The first-order valence-electron chi connectivity index (χ1n) is 9.82. The number of rotatable bonds is 8. The van der Waals surface area contributed by atoms with Gasteiger partial charge in [0.15, 0.2) is 0 Å². The second-order valence-corrected chi connectivity index (χ2v) is 10.5. The van der Waals surface area contributed by atoms with Gasteiger partial charge in [-0.25, -0.2) is 31.7 Å². The summed E-state index contributed by atoms with van der Waals surface area (Å²) >= 11 is 0. The summed E-state index contributed by atoms with van der Waals surface area (Å²) in [6.45, 7) is 1.03. The molecule has 0 saturated carbocycles. The Hall–Kier alpha value is -2.96. The van der Waals surface area contributed by atoms with Gasteiger partial charge >= 0.3 is 0 Å². The van der Waals surface area contributed by atoms with Crippen molar-refractivity contribution in [2.24, 2.45) is 16.6 Å². The predicted octanol–water partition coefficient (Wildman–Crippen LogP) is -2.18. The van der Waals surface area contributed by atoms with E-state index in [2.05, 4.69) is 30.3 Å². The molecule has 15 nitrogen and oxygen atoms in total. The predicted molar refractivity (Wildman–Crippen MR) is 117 cm³/mol. The SMILES string of the molecule is NCC(CN)NS(=O)(=O)c1ccc(N2CCCn3ccnc32)c(-c2nn[nH]n2)c1S(N)(=O)=O. The summed E-state index contributed by atoms with van der Waals surface area (Å²) < 4.78 is 56.1. The first-order valence-corrected chi connectivity index (χ1v) is 12.8. The second-order valence-electron chi connectivity index (χ2n) is 7.28. The fourth-order valence-electron chi connectivity index (χ4n) is 3.68. The summed E-state index contributed by atoms with van der Waals surface area (Å²) in [5.41, 5.74) is 11.3. The van der Waals surface area contributed by atoms with Crippen LogP contribution in [0.15, 0.2) is 34.3 Å². The molecule has 178 valence electrons. The van der Waals surface area contributed by atoms with Crippen molar-refractivity contribution in [2.45, 2.75) is 28.8 Å². The largest absolute Gasteiger partial charge is 0.329 e. The zero-order valence-corrected chi connectivity index (χ0v) is 18.9. The molecule has 0 bridgehead atoms. The van der Waals surface area contributed by atoms with Crippen molar-refractivity contribution in [1.29, 1.82) is 0 Å². The van der Waals surface area contributed by atoms with Gasteiger partial charge in [-0.1, -0.05) is 0 Å². The number of anilines is 2. The zero-order valence-electron chi connectivity index (χ0n) is 17.3. The van der Waals surface area contributed by atoms with Crippen LogP contribution in [-0.4, -0.2) is 72.7 Å². The maximum atomic E-state index is 13.2. The number of sulfonamides is 2. The van der Waals surface area contributed by atoms with Crippen molar-refractivity contribution < 1.29 is 16.8 Å². The summed E-state index contributed by atoms with van der Waals surface area (Å²) in [7, 11) is -9.01. The molecular weight excluding hydrogens is 474 g/mol. The Morgan fingerprint density at radius 3 is 2.55 bits per heavy atom. The first kappa shape index (κ1) is 23.2. The molecule has 0 amide bonds. The standard InChI is InChI=1S/C16H23N11O4S2/c17-8-10(9-18)23-33(30,31)12-3-2-11(27-6-1-5-26-7-4-20-16(26)27)13(14(12)32(19,28)29)15-21-24-25-22-15/h2-4,7,10,23H,1,5-6,8-9,17-18H2,(H2,19,28,29)(H,21,22,24,25). The highest BCUT2D eigenvalue weighted by Gasteiger charge is 2.35. The number of hydrogen-bond donors (Lipinski definition) is 5. The summed E-state index contributed by atoms with van der Waals surface area (Å²) in [6, 6.07) is 1.80. The van der Waals surface area contributed by atoms with Crippen LogP contribution in [0.4, 0.5) is 11.6 Å². The van der Waals surface area contributed by atoms with E-state index in [0.29, 0.717) is 18.2 Å². The van der Waals surface area contributed by atoms with Gasteiger partial charge in [-0.15, -0.1) is 10.2 Å². The molecule has 4 rings (SSSR count). The van der Waals surface area contributed by atoms with Crippen LogP contribution in [-0.2, 0) is 26.6 Å². The van der Waals surface area contributed by atoms with E-state index in [4.69, 9.17) is 16.6 Å². The minimum absolute atomic E-state index is 0.0906. The van der Waals surface area contributed by atoms with Gasteiger partial charge in [0, 0.05) is 44.6 Å². The summed E-state index contributed by atoms with van der Waals surface area (Å²) in [5, 5.41) is 19.1. The highest BCUT2D eigenvalue weighted by molar-refractivity contribution is 7.92. The number of tetrazole rings is 1. The molecule has 2 aromatic heterocycles. The van der Waals surface area contributed by atoms with E-state index < -0.39 is 35.9 Å². The van der Waals surface area contributed by atoms with Gasteiger partial charge in [0.2, 0.25) is 31.8 Å². The number of nitrogens with one attached hydrogen (secondary N) is 2. The lowest BCUT2D eigenvalue weighted by molar-refractivity contribution is 0.548. The third-order valence-electron chi connectivity index (χ3n) is 5.14. The molecule has 33 heavy (non-hydrogen) atoms. The number of nitrogens with zero attached hydrogens (tertiary/aromatic N) is 6. The summed E-state index contributed by atoms with van der Waals surface area (Å²) in [4.78, 5) is 4.84. The van der Waals surface area contributed by atoms with Gasteiger partial charge in [-0.05, 0) is 23.8 Å². The molecule has 1 aliphatic heterocycles. The smallest absolute Gasteiger partial charge is 0.242 e. The monoisotopic (exact) mass is 497 g/mol. The van der Waals surface area contributed by atoms with E-state index in [9.17, 15) is 16.8 Å². The summed E-state index contributed by atoms with van der Waals surface area (Å²) in [6.07, 6.45) is 4.14. The lowest BCUT2D eigenvalue weighted by Crippen LogP contribution is -2.45. The Labute approximate surface area is 189 Å². The average Bonchev–Trinajstić information content (AvgIpc) is 3.47. The van der Waals surface area contributed by atoms with Crippen LogP contribution in [0, 0.1) is 0 Å². The van der Waals surface area contributed by atoms with Crippen LogP contribution in [0.1, 0.15) is 6.42 Å². The van der Waals surface area contributed by atoms with Crippen LogP contribution in [0.5, 0.6) is 0 Å². The van der Waals surface area contributed by atoms with E-state index in [1.807, 2.05) is 4.57 Å². The van der Waals surface area contributed by atoms with Crippen molar-refractivity contribution >= 4 is 31.7 Å². The normalized spacial score (nSPS) is 14.6. The topological polar surface area (TPSA) is 234 Å². The van der Waals surface area contributed by atoms with Crippen molar-refractivity contribution in [3.05, 3.63) is 24.5 Å². The van der Waals surface area contributed by atoms with Crippen molar-refractivity contribution in [2.75, 3.05) is 24.5 Å². The van der Waals surface area contributed by atoms with Crippen LogP contribution in [0.2, 0.25) is 0 Å². The van der Waals surface area contributed by atoms with Crippen molar-refractivity contribution in [1.82, 2.24) is 34.9 Å². The second kappa shape index (κ2) is 8.76. The molecule has 0 spiro atoms. The molecular formula is C16H23N11O4S2. The van der Waals surface area contributed by atoms with E-state index >= 15 is 0 Å². The Bertz CT molecular complexity index is 1350. The maximum absolute atomic E-state index is 13.2. The molecule has 3 heterocycles. The Kier molecular flexibility index (Phi) is 6.16. The van der Waals surface area contributed by atoms with Gasteiger partial charge < -0.3 is 20.9 Å². The molecule has 3 aromatic rings. The number of nitrogens with two attached hydrogens (primary N) is 3. The molecule has 8 N–H and O–H groups in total. The number of benzene rings is 1. The van der Waals surface area contributed by atoms with E-state index in [-0.39, 0.29) is 24.5 Å². The fraction of sp³-hybridized carbons (Fsp3) is 0.375. The van der Waals surface area contributed by atoms with Gasteiger partial charge in [0.1, 0.15) is 9.79 Å². The lowest BCUT2D eigenvalue weighted by atomic mass is 10.1. The minimum Gasteiger partial charge on any atom is -0.329 e. The van der Waals surface area contributed by atoms with E-state index in [0.717, 1.165) is 19.0 Å². The molecule has 1 aliphatic rings. The Balaban J connectivity index is 2.01. The van der Waals surface area contributed by atoms with Gasteiger partial charge in [-0.2, -0.15) is 5.21 Å². The van der Waals surface area contributed by atoms with Gasteiger partial charge in [0.05, 0.1) is 11.3 Å². The van der Waals surface area contributed by atoms with Crippen LogP contribution >= 0.6 is 0 Å². The highest BCUT2D eigenvalue weighted by Crippen LogP contribution is 2.41. The molecule has 0 unspecified atom stereocenters. The molecule has 0 atom stereocenters. The molecule has 0 fully saturated rings. The molecule has 0 radical (unpaired) electrons. The fourth-order valence-corrected chi connectivity index (χ4v) is 6.54. The minimum atomic E-state index is -4.60. The number of fused-ring (bicyclic) bond motifs is 1. The molecule has 1 aromatic carbocycles. The van der Waals surface area contributed by atoms with Crippen LogP contribution in [0.25, 0.3) is 11.4 Å². The average molecular weight is 498 g/mol. The number of imidazole rings is 1. The highest BCUT2D eigenvalue weighted by atomic mass is 32.2. The third-order valence-corrected chi connectivity index (χ3v) is 7.83. The maximum Gasteiger partial charge on any atom is 0.242 e. The summed E-state index contributed by atoms with van der Waals surface area (Å²) in [5.74, 6) is 0.398. The number of H-pyrrole nitrogens is 1. The molecule has 0 aliphatic carbocycles. The van der Waals surface area contributed by atoms with Crippen LogP contribution < -0.4 is 26.2 Å². The first-order chi connectivity index (χ1) is 15.7. The molecule has 17 heteroatoms. The van der Waals surface area contributed by atoms with Crippen molar-refractivity contribution in [3.63, 3.8) is 0 Å². The van der Waals surface area contributed by atoms with Gasteiger partial charge in [0.25, 0.3) is 0 Å². The van der Waals surface area contributed by atoms with Gasteiger partial charge in [-0.3, -0.25) is 0 Å². The van der Waals surface area contributed by atoms with E-state index in [1.54, 1.807) is 17.3 Å². The zero-order chi connectivity index (χ0) is 23.8. The Morgan fingerprint density at radius 2 is 1.91 bits per heavy atom. The van der Waals surface area contributed by atoms with E-state index in [1.165, 1.54) is 6.07 Å². The molecule has 0 saturated heterocycles. The number of aromatic amines is 1. The number of aryl methyl sites for hydroxylation is 1.